The molecule has 0 saturated heterocycles. The smallest absolute Gasteiger partial charge is 0.138 e. The van der Waals surface area contributed by atoms with Crippen LogP contribution in [-0.2, 0) is 6.54 Å². The average Bonchev–Trinajstić information content (AvgIpc) is 2.66. The Morgan fingerprint density at radius 1 is 1.33 bits per heavy atom. The van der Waals surface area contributed by atoms with Gasteiger partial charge in [-0.15, -0.1) is 0 Å². The van der Waals surface area contributed by atoms with Crippen LogP contribution in [-0.4, -0.2) is 15.1 Å². The minimum absolute atomic E-state index is 0.187. The van der Waals surface area contributed by atoms with Crippen LogP contribution < -0.4 is 5.32 Å². The van der Waals surface area contributed by atoms with Crippen LogP contribution in [0.25, 0.3) is 0 Å². The molecule has 0 aliphatic heterocycles. The van der Waals surface area contributed by atoms with Crippen LogP contribution in [0.15, 0.2) is 16.8 Å². The molecule has 0 amide bonds. The number of aromatic nitrogens is 3. The summed E-state index contributed by atoms with van der Waals surface area (Å²) in [6.07, 6.45) is 1.78. The van der Waals surface area contributed by atoms with Gasteiger partial charge in [-0.25, -0.2) is 9.97 Å². The predicted molar refractivity (Wildman–Crippen MR) is 68.0 cm³/mol. The Hall–Kier alpha value is -1.75. The third-order valence-corrected chi connectivity index (χ3v) is 2.94. The molecule has 0 fully saturated rings. The molecule has 0 aromatic carbocycles. The maximum absolute atomic E-state index is 5.17. The van der Waals surface area contributed by atoms with E-state index in [0.717, 1.165) is 28.5 Å². The van der Waals surface area contributed by atoms with E-state index in [2.05, 4.69) is 27.4 Å². The van der Waals surface area contributed by atoms with E-state index in [1.54, 1.807) is 6.20 Å². The molecule has 0 saturated carbocycles. The summed E-state index contributed by atoms with van der Waals surface area (Å²) in [6, 6.07) is 2.10. The molecule has 1 unspecified atom stereocenters. The lowest BCUT2D eigenvalue weighted by atomic mass is 10.1. The number of hydrogen-bond donors (Lipinski definition) is 1. The standard InChI is InChI=1S/C13H18N4O/c1-8(13-9(2)17-18-10(13)3)15-7-12-5-6-14-11(4)16-12/h5-6,8,15H,7H2,1-4H3. The lowest BCUT2D eigenvalue weighted by Crippen LogP contribution is -2.20. The molecule has 2 aromatic heterocycles. The molecular weight excluding hydrogens is 228 g/mol. The molecule has 96 valence electrons. The van der Waals surface area contributed by atoms with Gasteiger partial charge in [-0.3, -0.25) is 0 Å². The third kappa shape index (κ3) is 2.73. The van der Waals surface area contributed by atoms with Crippen LogP contribution in [0.2, 0.25) is 0 Å². The molecule has 2 heterocycles. The van der Waals surface area contributed by atoms with Crippen molar-refractivity contribution in [2.75, 3.05) is 0 Å². The molecule has 1 atom stereocenters. The second kappa shape index (κ2) is 5.27. The first-order valence-electron chi connectivity index (χ1n) is 6.02. The molecule has 2 rings (SSSR count). The van der Waals surface area contributed by atoms with Gasteiger partial charge in [0.1, 0.15) is 11.6 Å². The Balaban J connectivity index is 2.03. The topological polar surface area (TPSA) is 63.8 Å². The molecule has 5 nitrogen and oxygen atoms in total. The molecule has 18 heavy (non-hydrogen) atoms. The Morgan fingerprint density at radius 2 is 2.11 bits per heavy atom. The highest BCUT2D eigenvalue weighted by molar-refractivity contribution is 5.24. The Morgan fingerprint density at radius 3 is 2.72 bits per heavy atom. The van der Waals surface area contributed by atoms with Gasteiger partial charge in [-0.05, 0) is 33.8 Å². The third-order valence-electron chi connectivity index (χ3n) is 2.94. The van der Waals surface area contributed by atoms with Crippen LogP contribution in [0.3, 0.4) is 0 Å². The summed E-state index contributed by atoms with van der Waals surface area (Å²) >= 11 is 0. The second-order valence-electron chi connectivity index (χ2n) is 4.44. The number of nitrogens with one attached hydrogen (secondary N) is 1. The van der Waals surface area contributed by atoms with Crippen LogP contribution in [0.4, 0.5) is 0 Å². The number of aryl methyl sites for hydroxylation is 3. The van der Waals surface area contributed by atoms with Crippen molar-refractivity contribution in [2.45, 2.75) is 40.3 Å². The van der Waals surface area contributed by atoms with Crippen molar-refractivity contribution in [1.82, 2.24) is 20.4 Å². The Kier molecular flexibility index (Phi) is 3.72. The van der Waals surface area contributed by atoms with E-state index in [0.29, 0.717) is 6.54 Å². The zero-order chi connectivity index (χ0) is 13.1. The van der Waals surface area contributed by atoms with Gasteiger partial charge in [0.2, 0.25) is 0 Å². The van der Waals surface area contributed by atoms with Crippen molar-refractivity contribution in [2.24, 2.45) is 0 Å². The highest BCUT2D eigenvalue weighted by Gasteiger charge is 2.15. The van der Waals surface area contributed by atoms with Crippen LogP contribution in [0, 0.1) is 20.8 Å². The summed E-state index contributed by atoms with van der Waals surface area (Å²) in [5.41, 5.74) is 3.05. The zero-order valence-electron chi connectivity index (χ0n) is 11.2. The zero-order valence-corrected chi connectivity index (χ0v) is 11.2. The maximum atomic E-state index is 5.17. The first kappa shape index (κ1) is 12.7. The van der Waals surface area contributed by atoms with E-state index >= 15 is 0 Å². The first-order chi connectivity index (χ1) is 8.58. The summed E-state index contributed by atoms with van der Waals surface area (Å²) in [5, 5.41) is 7.39. The Bertz CT molecular complexity index is 516. The van der Waals surface area contributed by atoms with Crippen molar-refractivity contribution in [3.63, 3.8) is 0 Å². The van der Waals surface area contributed by atoms with E-state index in [1.807, 2.05) is 26.8 Å². The lowest BCUT2D eigenvalue weighted by molar-refractivity contribution is 0.390. The Labute approximate surface area is 107 Å². The van der Waals surface area contributed by atoms with Crippen molar-refractivity contribution >= 4 is 0 Å². The van der Waals surface area contributed by atoms with Gasteiger partial charge in [0.15, 0.2) is 0 Å². The normalized spacial score (nSPS) is 12.7. The van der Waals surface area contributed by atoms with E-state index in [4.69, 9.17) is 4.52 Å². The molecule has 2 aromatic rings. The van der Waals surface area contributed by atoms with Crippen molar-refractivity contribution in [1.29, 1.82) is 0 Å². The van der Waals surface area contributed by atoms with Gasteiger partial charge in [0.05, 0.1) is 11.4 Å². The minimum atomic E-state index is 0.187. The summed E-state index contributed by atoms with van der Waals surface area (Å²) in [6.45, 7) is 8.58. The highest BCUT2D eigenvalue weighted by atomic mass is 16.5. The number of hydrogen-bond acceptors (Lipinski definition) is 5. The second-order valence-corrected chi connectivity index (χ2v) is 4.44. The lowest BCUT2D eigenvalue weighted by Gasteiger charge is -2.13. The van der Waals surface area contributed by atoms with Crippen LogP contribution in [0.5, 0.6) is 0 Å². The molecule has 5 heteroatoms. The van der Waals surface area contributed by atoms with Gasteiger partial charge in [0, 0.05) is 24.3 Å². The predicted octanol–water partition coefficient (Wildman–Crippen LogP) is 2.24. The molecule has 0 spiro atoms. The summed E-state index contributed by atoms with van der Waals surface area (Å²) < 4.78 is 5.17. The van der Waals surface area contributed by atoms with Gasteiger partial charge in [-0.2, -0.15) is 0 Å². The number of nitrogens with zero attached hydrogens (tertiary/aromatic N) is 3. The van der Waals surface area contributed by atoms with Crippen molar-refractivity contribution < 1.29 is 4.52 Å². The van der Waals surface area contributed by atoms with Gasteiger partial charge >= 0.3 is 0 Å². The van der Waals surface area contributed by atoms with Gasteiger partial charge in [0.25, 0.3) is 0 Å². The van der Waals surface area contributed by atoms with Crippen LogP contribution in [0.1, 0.15) is 41.5 Å². The summed E-state index contributed by atoms with van der Waals surface area (Å²) in [5.74, 6) is 1.66. The molecular formula is C13H18N4O. The molecule has 0 aliphatic carbocycles. The molecule has 1 N–H and O–H groups in total. The monoisotopic (exact) mass is 246 g/mol. The quantitative estimate of drug-likeness (QED) is 0.896. The van der Waals surface area contributed by atoms with Gasteiger partial charge in [-0.1, -0.05) is 5.16 Å². The fourth-order valence-corrected chi connectivity index (χ4v) is 2.07. The molecule has 0 bridgehead atoms. The maximum Gasteiger partial charge on any atom is 0.138 e. The van der Waals surface area contributed by atoms with E-state index < -0.39 is 0 Å². The number of rotatable bonds is 4. The first-order valence-corrected chi connectivity index (χ1v) is 6.02. The SMILES string of the molecule is Cc1nccc(CNC(C)c2c(C)noc2C)n1. The van der Waals surface area contributed by atoms with Crippen molar-refractivity contribution in [3.05, 3.63) is 40.8 Å². The average molecular weight is 246 g/mol. The van der Waals surface area contributed by atoms with Crippen molar-refractivity contribution in [3.8, 4) is 0 Å². The largest absolute Gasteiger partial charge is 0.361 e. The van der Waals surface area contributed by atoms with Gasteiger partial charge < -0.3 is 9.84 Å². The summed E-state index contributed by atoms with van der Waals surface area (Å²) in [7, 11) is 0. The fourth-order valence-electron chi connectivity index (χ4n) is 2.07. The fraction of sp³-hybridized carbons (Fsp3) is 0.462. The minimum Gasteiger partial charge on any atom is -0.361 e. The van der Waals surface area contributed by atoms with E-state index in [-0.39, 0.29) is 6.04 Å². The molecule has 0 radical (unpaired) electrons. The summed E-state index contributed by atoms with van der Waals surface area (Å²) in [4.78, 5) is 8.44. The van der Waals surface area contributed by atoms with Crippen LogP contribution >= 0.6 is 0 Å². The molecule has 0 aliphatic rings. The van der Waals surface area contributed by atoms with E-state index in [9.17, 15) is 0 Å². The van der Waals surface area contributed by atoms with E-state index in [1.165, 1.54) is 0 Å². The highest BCUT2D eigenvalue weighted by Crippen LogP contribution is 2.20.